The van der Waals surface area contributed by atoms with Gasteiger partial charge in [0.05, 0.1) is 18.7 Å². The molecule has 1 amide bonds. The molecule has 1 aromatic heterocycles. The van der Waals surface area contributed by atoms with Gasteiger partial charge in [0.25, 0.3) is 5.56 Å². The Morgan fingerprint density at radius 3 is 2.64 bits per heavy atom. The highest BCUT2D eigenvalue weighted by atomic mass is 16.5. The van der Waals surface area contributed by atoms with Crippen molar-refractivity contribution in [2.24, 2.45) is 0 Å². The standard InChI is InChI=1S/C15H17N3O4/c1-3-22-12-7-5-4-6-11(12)17-13(19)8-10-9(2)16-15(21)18-14(10)20/h4-7H,3,8H2,1-2H3,(H,17,19)(H2,16,18,20,21). The number of H-pyrrole nitrogens is 2. The normalized spacial score (nSPS) is 10.3. The van der Waals surface area contributed by atoms with E-state index in [4.69, 9.17) is 4.74 Å². The summed E-state index contributed by atoms with van der Waals surface area (Å²) in [6, 6.07) is 7.04. The second kappa shape index (κ2) is 6.75. The molecule has 0 aliphatic rings. The number of para-hydroxylation sites is 2. The second-order valence-corrected chi connectivity index (χ2v) is 4.67. The van der Waals surface area contributed by atoms with E-state index in [0.717, 1.165) is 0 Å². The second-order valence-electron chi connectivity index (χ2n) is 4.67. The predicted molar refractivity (Wildman–Crippen MR) is 82.4 cm³/mol. The minimum Gasteiger partial charge on any atom is -0.492 e. The van der Waals surface area contributed by atoms with Gasteiger partial charge in [0.2, 0.25) is 5.91 Å². The Labute approximate surface area is 126 Å². The van der Waals surface area contributed by atoms with Crippen LogP contribution >= 0.6 is 0 Å². The van der Waals surface area contributed by atoms with E-state index in [1.54, 1.807) is 31.2 Å². The first-order chi connectivity index (χ1) is 10.5. The average molecular weight is 303 g/mol. The lowest BCUT2D eigenvalue weighted by molar-refractivity contribution is -0.115. The van der Waals surface area contributed by atoms with Crippen LogP contribution in [0.25, 0.3) is 0 Å². The van der Waals surface area contributed by atoms with Crippen LogP contribution in [-0.2, 0) is 11.2 Å². The van der Waals surface area contributed by atoms with Gasteiger partial charge in [-0.1, -0.05) is 12.1 Å². The van der Waals surface area contributed by atoms with Gasteiger partial charge in [0, 0.05) is 11.3 Å². The molecule has 0 fully saturated rings. The minimum atomic E-state index is -0.589. The molecule has 1 heterocycles. The molecule has 0 aliphatic heterocycles. The fraction of sp³-hybridized carbons (Fsp3) is 0.267. The quantitative estimate of drug-likeness (QED) is 0.765. The van der Waals surface area contributed by atoms with Crippen LogP contribution in [0, 0.1) is 6.92 Å². The first-order valence-corrected chi connectivity index (χ1v) is 6.85. The third-order valence-corrected chi connectivity index (χ3v) is 3.05. The molecule has 0 unspecified atom stereocenters. The number of hydrogen-bond acceptors (Lipinski definition) is 4. The summed E-state index contributed by atoms with van der Waals surface area (Å²) < 4.78 is 5.42. The van der Waals surface area contributed by atoms with Crippen LogP contribution in [0.15, 0.2) is 33.9 Å². The molecule has 2 rings (SSSR count). The first kappa shape index (κ1) is 15.6. The van der Waals surface area contributed by atoms with Crippen LogP contribution in [0.5, 0.6) is 5.75 Å². The summed E-state index contributed by atoms with van der Waals surface area (Å²) in [6.07, 6.45) is -0.140. The molecule has 3 N–H and O–H groups in total. The molecule has 0 saturated carbocycles. The van der Waals surface area contributed by atoms with E-state index in [1.165, 1.54) is 0 Å². The number of aryl methyl sites for hydroxylation is 1. The van der Waals surface area contributed by atoms with E-state index in [1.807, 2.05) is 6.92 Å². The fourth-order valence-electron chi connectivity index (χ4n) is 2.04. The Morgan fingerprint density at radius 2 is 1.95 bits per heavy atom. The zero-order valence-electron chi connectivity index (χ0n) is 12.4. The van der Waals surface area contributed by atoms with Gasteiger partial charge in [0.1, 0.15) is 5.75 Å². The molecule has 0 radical (unpaired) electrons. The summed E-state index contributed by atoms with van der Waals surface area (Å²) in [6.45, 7) is 3.90. The van der Waals surface area contributed by atoms with Crippen LogP contribution in [0.4, 0.5) is 5.69 Å². The molecule has 0 saturated heterocycles. The number of nitrogens with one attached hydrogen (secondary N) is 3. The fourth-order valence-corrected chi connectivity index (χ4v) is 2.04. The van der Waals surface area contributed by atoms with Crippen LogP contribution in [0.1, 0.15) is 18.2 Å². The van der Waals surface area contributed by atoms with Crippen molar-refractivity contribution in [3.05, 3.63) is 56.4 Å². The van der Waals surface area contributed by atoms with Crippen molar-refractivity contribution in [2.75, 3.05) is 11.9 Å². The molecule has 0 bridgehead atoms. The number of carbonyl (C=O) groups excluding carboxylic acids is 1. The minimum absolute atomic E-state index is 0.140. The molecule has 116 valence electrons. The number of amides is 1. The van der Waals surface area contributed by atoms with Crippen LogP contribution in [0.2, 0.25) is 0 Å². The summed E-state index contributed by atoms with van der Waals surface area (Å²) in [5.74, 6) is 0.193. The maximum atomic E-state index is 12.1. The SMILES string of the molecule is CCOc1ccccc1NC(=O)Cc1c(C)[nH]c(=O)[nH]c1=O. The van der Waals surface area contributed by atoms with Crippen molar-refractivity contribution in [1.82, 2.24) is 9.97 Å². The van der Waals surface area contributed by atoms with E-state index < -0.39 is 11.2 Å². The third kappa shape index (κ3) is 3.63. The molecule has 0 aliphatic carbocycles. The molecular formula is C15H17N3O4. The van der Waals surface area contributed by atoms with Gasteiger partial charge in [-0.15, -0.1) is 0 Å². The van der Waals surface area contributed by atoms with E-state index >= 15 is 0 Å². The number of anilines is 1. The zero-order chi connectivity index (χ0) is 16.1. The lowest BCUT2D eigenvalue weighted by Crippen LogP contribution is -2.29. The lowest BCUT2D eigenvalue weighted by Gasteiger charge is -2.11. The van der Waals surface area contributed by atoms with Crippen molar-refractivity contribution >= 4 is 11.6 Å². The molecule has 1 aromatic carbocycles. The first-order valence-electron chi connectivity index (χ1n) is 6.85. The van der Waals surface area contributed by atoms with Gasteiger partial charge in [-0.3, -0.25) is 14.6 Å². The molecule has 0 atom stereocenters. The zero-order valence-corrected chi connectivity index (χ0v) is 12.4. The van der Waals surface area contributed by atoms with Crippen molar-refractivity contribution in [3.63, 3.8) is 0 Å². The molecule has 2 aromatic rings. The predicted octanol–water partition coefficient (Wildman–Crippen LogP) is 0.952. The van der Waals surface area contributed by atoms with Crippen molar-refractivity contribution in [2.45, 2.75) is 20.3 Å². The highest BCUT2D eigenvalue weighted by molar-refractivity contribution is 5.93. The van der Waals surface area contributed by atoms with E-state index in [-0.39, 0.29) is 17.9 Å². The van der Waals surface area contributed by atoms with Crippen LogP contribution < -0.4 is 21.3 Å². The van der Waals surface area contributed by atoms with Crippen molar-refractivity contribution in [1.29, 1.82) is 0 Å². The Hall–Kier alpha value is -2.83. The number of ether oxygens (including phenoxy) is 1. The summed E-state index contributed by atoms with van der Waals surface area (Å²) >= 11 is 0. The largest absolute Gasteiger partial charge is 0.492 e. The highest BCUT2D eigenvalue weighted by Crippen LogP contribution is 2.23. The Kier molecular flexibility index (Phi) is 4.77. The number of rotatable bonds is 5. The summed E-state index contributed by atoms with van der Waals surface area (Å²) in [4.78, 5) is 39.6. The van der Waals surface area contributed by atoms with Gasteiger partial charge < -0.3 is 15.0 Å². The molecule has 7 nitrogen and oxygen atoms in total. The van der Waals surface area contributed by atoms with Gasteiger partial charge in [-0.25, -0.2) is 4.79 Å². The molecule has 0 spiro atoms. The van der Waals surface area contributed by atoms with E-state index in [0.29, 0.717) is 23.7 Å². The summed E-state index contributed by atoms with van der Waals surface area (Å²) in [5.41, 5.74) is -0.0105. The van der Waals surface area contributed by atoms with Gasteiger partial charge in [0.15, 0.2) is 0 Å². The Bertz CT molecular complexity index is 792. The van der Waals surface area contributed by atoms with E-state index in [9.17, 15) is 14.4 Å². The third-order valence-electron chi connectivity index (χ3n) is 3.05. The number of hydrogen-bond donors (Lipinski definition) is 3. The monoisotopic (exact) mass is 303 g/mol. The molecular weight excluding hydrogens is 286 g/mol. The van der Waals surface area contributed by atoms with Crippen LogP contribution in [-0.4, -0.2) is 22.5 Å². The van der Waals surface area contributed by atoms with Crippen LogP contribution in [0.3, 0.4) is 0 Å². The number of aromatic nitrogens is 2. The summed E-state index contributed by atoms with van der Waals surface area (Å²) in [5, 5.41) is 2.70. The number of benzene rings is 1. The Morgan fingerprint density at radius 1 is 1.23 bits per heavy atom. The number of carbonyl (C=O) groups is 1. The highest BCUT2D eigenvalue weighted by Gasteiger charge is 2.13. The smallest absolute Gasteiger partial charge is 0.325 e. The van der Waals surface area contributed by atoms with Crippen molar-refractivity contribution in [3.8, 4) is 5.75 Å². The lowest BCUT2D eigenvalue weighted by atomic mass is 10.1. The summed E-state index contributed by atoms with van der Waals surface area (Å²) in [7, 11) is 0. The maximum absolute atomic E-state index is 12.1. The molecule has 22 heavy (non-hydrogen) atoms. The van der Waals surface area contributed by atoms with Gasteiger partial charge in [-0.2, -0.15) is 0 Å². The van der Waals surface area contributed by atoms with Crippen molar-refractivity contribution < 1.29 is 9.53 Å². The number of aromatic amines is 2. The molecule has 7 heteroatoms. The average Bonchev–Trinajstić information content (AvgIpc) is 2.45. The Balaban J connectivity index is 2.18. The maximum Gasteiger partial charge on any atom is 0.325 e. The topological polar surface area (TPSA) is 104 Å². The van der Waals surface area contributed by atoms with Gasteiger partial charge >= 0.3 is 5.69 Å². The van der Waals surface area contributed by atoms with E-state index in [2.05, 4.69) is 15.3 Å². The van der Waals surface area contributed by atoms with Gasteiger partial charge in [-0.05, 0) is 26.0 Å².